The summed E-state index contributed by atoms with van der Waals surface area (Å²) < 4.78 is 5.24. The van der Waals surface area contributed by atoms with Gasteiger partial charge in [-0.2, -0.15) is 0 Å². The molecule has 3 rings (SSSR count). The molecule has 0 radical (unpaired) electrons. The van der Waals surface area contributed by atoms with Crippen molar-refractivity contribution in [2.45, 2.75) is 39.0 Å². The number of aryl methyl sites for hydroxylation is 1. The predicted octanol–water partition coefficient (Wildman–Crippen LogP) is 3.16. The number of hydrogen-bond donors (Lipinski definition) is 1. The normalized spacial score (nSPS) is 22.3. The molecule has 1 N–H and O–H groups in total. The summed E-state index contributed by atoms with van der Waals surface area (Å²) in [5, 5.41) is 3.33. The van der Waals surface area contributed by atoms with E-state index in [4.69, 9.17) is 16.3 Å². The number of halogens is 1. The minimum atomic E-state index is -0.277. The molecule has 1 saturated heterocycles. The van der Waals surface area contributed by atoms with Crippen LogP contribution in [0.25, 0.3) is 0 Å². The van der Waals surface area contributed by atoms with Gasteiger partial charge in [0.15, 0.2) is 0 Å². The van der Waals surface area contributed by atoms with Crippen LogP contribution >= 0.6 is 11.6 Å². The fraction of sp³-hybridized carbons (Fsp3) is 0.526. The van der Waals surface area contributed by atoms with Gasteiger partial charge in [0.25, 0.3) is 0 Å². The SMILES string of the molecule is COc1cc(Cl)c(C)cc1NC(=O)CCN1C(=O)C2CCCCC2C1=O. The Morgan fingerprint density at radius 1 is 1.23 bits per heavy atom. The third-order valence-electron chi connectivity index (χ3n) is 5.25. The maximum Gasteiger partial charge on any atom is 0.233 e. The molecule has 1 saturated carbocycles. The minimum absolute atomic E-state index is 0.0573. The van der Waals surface area contributed by atoms with Crippen LogP contribution in [0.1, 0.15) is 37.7 Å². The largest absolute Gasteiger partial charge is 0.495 e. The number of carbonyl (C=O) groups is 3. The van der Waals surface area contributed by atoms with Crippen molar-refractivity contribution in [1.82, 2.24) is 4.90 Å². The molecule has 1 aliphatic heterocycles. The maximum atomic E-state index is 12.4. The minimum Gasteiger partial charge on any atom is -0.495 e. The van der Waals surface area contributed by atoms with Gasteiger partial charge in [0.1, 0.15) is 5.75 Å². The number of hydrogen-bond acceptors (Lipinski definition) is 4. The lowest BCUT2D eigenvalue weighted by Gasteiger charge is -2.19. The molecule has 26 heavy (non-hydrogen) atoms. The summed E-state index contributed by atoms with van der Waals surface area (Å²) in [5.41, 5.74) is 1.34. The van der Waals surface area contributed by atoms with E-state index >= 15 is 0 Å². The van der Waals surface area contributed by atoms with Crippen molar-refractivity contribution in [3.63, 3.8) is 0 Å². The van der Waals surface area contributed by atoms with Gasteiger partial charge in [-0.25, -0.2) is 0 Å². The topological polar surface area (TPSA) is 75.7 Å². The van der Waals surface area contributed by atoms with E-state index in [0.29, 0.717) is 16.5 Å². The average Bonchev–Trinajstić information content (AvgIpc) is 2.87. The van der Waals surface area contributed by atoms with Gasteiger partial charge in [-0.05, 0) is 31.4 Å². The quantitative estimate of drug-likeness (QED) is 0.798. The molecular formula is C19H23ClN2O4. The summed E-state index contributed by atoms with van der Waals surface area (Å²) in [6.07, 6.45) is 3.59. The van der Waals surface area contributed by atoms with Crippen molar-refractivity contribution in [1.29, 1.82) is 0 Å². The molecule has 3 amide bonds. The van der Waals surface area contributed by atoms with Gasteiger partial charge in [0, 0.05) is 24.1 Å². The number of rotatable bonds is 5. The monoisotopic (exact) mass is 378 g/mol. The van der Waals surface area contributed by atoms with E-state index in [1.165, 1.54) is 12.0 Å². The van der Waals surface area contributed by atoms with E-state index in [9.17, 15) is 14.4 Å². The van der Waals surface area contributed by atoms with Crippen molar-refractivity contribution in [3.05, 3.63) is 22.7 Å². The fourth-order valence-electron chi connectivity index (χ4n) is 3.81. The third kappa shape index (κ3) is 3.56. The number of imide groups is 1. The van der Waals surface area contributed by atoms with Crippen LogP contribution in [0.15, 0.2) is 12.1 Å². The van der Waals surface area contributed by atoms with E-state index in [0.717, 1.165) is 31.2 Å². The highest BCUT2D eigenvalue weighted by atomic mass is 35.5. The van der Waals surface area contributed by atoms with Crippen molar-refractivity contribution >= 4 is 35.0 Å². The summed E-state index contributed by atoms with van der Waals surface area (Å²) in [4.78, 5) is 38.5. The van der Waals surface area contributed by atoms with Crippen LogP contribution < -0.4 is 10.1 Å². The van der Waals surface area contributed by atoms with Crippen LogP contribution in [0, 0.1) is 18.8 Å². The second kappa shape index (κ2) is 7.66. The van der Waals surface area contributed by atoms with E-state index in [-0.39, 0.29) is 42.5 Å². The van der Waals surface area contributed by atoms with Crippen LogP contribution in [-0.2, 0) is 14.4 Å². The molecule has 1 heterocycles. The van der Waals surface area contributed by atoms with E-state index < -0.39 is 0 Å². The molecule has 0 aromatic heterocycles. The highest BCUT2D eigenvalue weighted by Gasteiger charge is 2.47. The second-order valence-corrected chi connectivity index (χ2v) is 7.33. The van der Waals surface area contributed by atoms with Crippen molar-refractivity contribution in [2.75, 3.05) is 19.0 Å². The first-order valence-corrected chi connectivity index (χ1v) is 9.29. The number of benzene rings is 1. The molecule has 7 heteroatoms. The van der Waals surface area contributed by atoms with Gasteiger partial charge < -0.3 is 10.1 Å². The number of likely N-dealkylation sites (tertiary alicyclic amines) is 1. The molecule has 0 bridgehead atoms. The van der Waals surface area contributed by atoms with Crippen LogP contribution in [0.4, 0.5) is 5.69 Å². The smallest absolute Gasteiger partial charge is 0.233 e. The Kier molecular flexibility index (Phi) is 5.51. The number of nitrogens with zero attached hydrogens (tertiary/aromatic N) is 1. The first kappa shape index (κ1) is 18.7. The Morgan fingerprint density at radius 3 is 2.42 bits per heavy atom. The molecule has 1 aromatic rings. The van der Waals surface area contributed by atoms with Crippen LogP contribution in [0.5, 0.6) is 5.75 Å². The van der Waals surface area contributed by atoms with E-state index in [2.05, 4.69) is 5.32 Å². The van der Waals surface area contributed by atoms with Crippen LogP contribution in [0.2, 0.25) is 5.02 Å². The lowest BCUT2D eigenvalue weighted by atomic mass is 9.81. The van der Waals surface area contributed by atoms with Crippen molar-refractivity contribution in [2.24, 2.45) is 11.8 Å². The Morgan fingerprint density at radius 2 is 1.85 bits per heavy atom. The third-order valence-corrected chi connectivity index (χ3v) is 5.66. The molecular weight excluding hydrogens is 356 g/mol. The summed E-state index contributed by atoms with van der Waals surface area (Å²) >= 11 is 6.07. The lowest BCUT2D eigenvalue weighted by molar-refractivity contribution is -0.140. The molecule has 2 fully saturated rings. The van der Waals surface area contributed by atoms with Crippen molar-refractivity contribution in [3.8, 4) is 5.75 Å². The first-order valence-electron chi connectivity index (χ1n) is 8.91. The number of nitrogens with one attached hydrogen (secondary N) is 1. The summed E-state index contributed by atoms with van der Waals surface area (Å²) in [6.45, 7) is 1.95. The Hall–Kier alpha value is -2.08. The number of fused-ring (bicyclic) bond motifs is 1. The Balaban J connectivity index is 1.62. The number of ether oxygens (including phenoxy) is 1. The molecule has 2 aliphatic rings. The number of anilines is 1. The number of amides is 3. The molecule has 1 aliphatic carbocycles. The Labute approximate surface area is 157 Å². The van der Waals surface area contributed by atoms with Gasteiger partial charge in [-0.1, -0.05) is 24.4 Å². The molecule has 2 atom stereocenters. The van der Waals surface area contributed by atoms with E-state index in [1.807, 2.05) is 6.92 Å². The van der Waals surface area contributed by atoms with Gasteiger partial charge >= 0.3 is 0 Å². The zero-order valence-electron chi connectivity index (χ0n) is 15.0. The maximum absolute atomic E-state index is 12.4. The molecule has 140 valence electrons. The Bertz CT molecular complexity index is 725. The standard InChI is InChI=1S/C19H23ClN2O4/c1-11-9-15(16(26-2)10-14(11)20)21-17(23)7-8-22-18(24)12-5-3-4-6-13(12)19(22)25/h9-10,12-13H,3-8H2,1-2H3,(H,21,23). The molecule has 2 unspecified atom stereocenters. The van der Waals surface area contributed by atoms with Gasteiger partial charge in [0.05, 0.1) is 24.6 Å². The number of carbonyl (C=O) groups excluding carboxylic acids is 3. The van der Waals surface area contributed by atoms with Gasteiger partial charge in [0.2, 0.25) is 17.7 Å². The molecule has 1 aromatic carbocycles. The molecule has 0 spiro atoms. The summed E-state index contributed by atoms with van der Waals surface area (Å²) in [7, 11) is 1.50. The molecule has 6 nitrogen and oxygen atoms in total. The first-order chi connectivity index (χ1) is 12.4. The second-order valence-electron chi connectivity index (χ2n) is 6.93. The van der Waals surface area contributed by atoms with Crippen LogP contribution in [0.3, 0.4) is 0 Å². The highest BCUT2D eigenvalue weighted by Crippen LogP contribution is 2.38. The zero-order valence-corrected chi connectivity index (χ0v) is 15.8. The van der Waals surface area contributed by atoms with E-state index in [1.54, 1.807) is 12.1 Å². The van der Waals surface area contributed by atoms with Crippen molar-refractivity contribution < 1.29 is 19.1 Å². The highest BCUT2D eigenvalue weighted by molar-refractivity contribution is 6.31. The van der Waals surface area contributed by atoms with Gasteiger partial charge in [-0.3, -0.25) is 19.3 Å². The average molecular weight is 379 g/mol. The van der Waals surface area contributed by atoms with Crippen LogP contribution in [-0.4, -0.2) is 36.3 Å². The lowest BCUT2D eigenvalue weighted by Crippen LogP contribution is -2.34. The fourth-order valence-corrected chi connectivity index (χ4v) is 3.96. The zero-order chi connectivity index (χ0) is 18.8. The summed E-state index contributed by atoms with van der Waals surface area (Å²) in [6, 6.07) is 3.38. The summed E-state index contributed by atoms with van der Waals surface area (Å²) in [5.74, 6) is -0.412. The number of methoxy groups -OCH3 is 1. The predicted molar refractivity (Wildman–Crippen MR) is 98.2 cm³/mol. The van der Waals surface area contributed by atoms with Gasteiger partial charge in [-0.15, -0.1) is 0 Å².